The summed E-state index contributed by atoms with van der Waals surface area (Å²) in [5.41, 5.74) is 2.12. The number of aryl methyl sites for hydroxylation is 1. The van der Waals surface area contributed by atoms with E-state index in [1.807, 2.05) is 13.0 Å². The van der Waals surface area contributed by atoms with Crippen LogP contribution in [0, 0.1) is 17.0 Å². The monoisotopic (exact) mass is 235 g/mol. The van der Waals surface area contributed by atoms with E-state index in [1.165, 1.54) is 0 Å². The summed E-state index contributed by atoms with van der Waals surface area (Å²) in [5, 5.41) is 14.2. The normalized spacial score (nSPS) is 17.0. The Labute approximate surface area is 101 Å². The van der Waals surface area contributed by atoms with Crippen LogP contribution in [0.4, 0.5) is 5.69 Å². The van der Waals surface area contributed by atoms with Gasteiger partial charge in [0.1, 0.15) is 0 Å². The number of nitro groups is 1. The minimum absolute atomic E-state index is 0.231. The summed E-state index contributed by atoms with van der Waals surface area (Å²) >= 11 is 0. The lowest BCUT2D eigenvalue weighted by Gasteiger charge is -2.27. The van der Waals surface area contributed by atoms with E-state index >= 15 is 0 Å². The van der Waals surface area contributed by atoms with Crippen LogP contribution < -0.4 is 5.32 Å². The summed E-state index contributed by atoms with van der Waals surface area (Å²) in [5.74, 6) is 0. The summed E-state index contributed by atoms with van der Waals surface area (Å²) in [4.78, 5) is 12.9. The largest absolute Gasteiger partial charge is 0.314 e. The predicted molar refractivity (Wildman–Crippen MR) is 66.0 cm³/mol. The van der Waals surface area contributed by atoms with E-state index in [0.717, 1.165) is 37.3 Å². The molecular weight excluding hydrogens is 218 g/mol. The summed E-state index contributed by atoms with van der Waals surface area (Å²) in [7, 11) is 0. The van der Waals surface area contributed by atoms with Crippen molar-refractivity contribution in [1.29, 1.82) is 0 Å². The zero-order valence-corrected chi connectivity index (χ0v) is 9.98. The highest BCUT2D eigenvalue weighted by molar-refractivity contribution is 5.42. The summed E-state index contributed by atoms with van der Waals surface area (Å²) in [6.45, 7) is 6.44. The van der Waals surface area contributed by atoms with E-state index in [-0.39, 0.29) is 10.6 Å². The van der Waals surface area contributed by atoms with Crippen LogP contribution in [0.2, 0.25) is 0 Å². The number of nitro benzene ring substituents is 1. The minimum Gasteiger partial charge on any atom is -0.314 e. The fourth-order valence-electron chi connectivity index (χ4n) is 2.13. The highest BCUT2D eigenvalue weighted by atomic mass is 16.6. The maximum atomic E-state index is 10.9. The fraction of sp³-hybridized carbons (Fsp3) is 0.500. The molecule has 1 aromatic rings. The first-order chi connectivity index (χ1) is 8.16. The molecule has 1 N–H and O–H groups in total. The Bertz CT molecular complexity index is 414. The number of nitrogens with zero attached hydrogens (tertiary/aromatic N) is 2. The topological polar surface area (TPSA) is 58.4 Å². The second-order valence-corrected chi connectivity index (χ2v) is 4.42. The van der Waals surface area contributed by atoms with E-state index in [9.17, 15) is 10.1 Å². The quantitative estimate of drug-likeness (QED) is 0.634. The van der Waals surface area contributed by atoms with Gasteiger partial charge in [-0.15, -0.1) is 0 Å². The van der Waals surface area contributed by atoms with Gasteiger partial charge in [-0.05, 0) is 13.0 Å². The standard InChI is InChI=1S/C12H17N3O2/c1-10-2-3-12(15(16)17)11(8-10)9-14-6-4-13-5-7-14/h2-3,8,13H,4-7,9H2,1H3. The van der Waals surface area contributed by atoms with Crippen LogP contribution in [0.25, 0.3) is 0 Å². The van der Waals surface area contributed by atoms with Gasteiger partial charge in [0.2, 0.25) is 0 Å². The summed E-state index contributed by atoms with van der Waals surface area (Å²) < 4.78 is 0. The van der Waals surface area contributed by atoms with Gasteiger partial charge in [-0.2, -0.15) is 0 Å². The first kappa shape index (κ1) is 12.0. The Morgan fingerprint density at radius 3 is 2.76 bits per heavy atom. The Morgan fingerprint density at radius 2 is 2.12 bits per heavy atom. The SMILES string of the molecule is Cc1ccc([N+](=O)[O-])c(CN2CCNCC2)c1. The van der Waals surface area contributed by atoms with Crippen LogP contribution in [-0.2, 0) is 6.54 Å². The number of nitrogens with one attached hydrogen (secondary N) is 1. The average molecular weight is 235 g/mol. The molecule has 5 nitrogen and oxygen atoms in total. The van der Waals surface area contributed by atoms with E-state index in [1.54, 1.807) is 12.1 Å². The molecule has 1 fully saturated rings. The summed E-state index contributed by atoms with van der Waals surface area (Å²) in [6, 6.07) is 5.31. The molecule has 0 bridgehead atoms. The molecule has 0 aliphatic carbocycles. The second-order valence-electron chi connectivity index (χ2n) is 4.42. The molecule has 1 aliphatic rings. The lowest BCUT2D eigenvalue weighted by Crippen LogP contribution is -2.42. The molecule has 0 amide bonds. The zero-order valence-electron chi connectivity index (χ0n) is 9.98. The molecule has 92 valence electrons. The van der Waals surface area contributed by atoms with Crippen LogP contribution >= 0.6 is 0 Å². The Morgan fingerprint density at radius 1 is 1.41 bits per heavy atom. The highest BCUT2D eigenvalue weighted by Crippen LogP contribution is 2.21. The van der Waals surface area contributed by atoms with Gasteiger partial charge in [-0.3, -0.25) is 15.0 Å². The zero-order chi connectivity index (χ0) is 12.3. The summed E-state index contributed by atoms with van der Waals surface area (Å²) in [6.07, 6.45) is 0. The van der Waals surface area contributed by atoms with Crippen LogP contribution in [-0.4, -0.2) is 36.0 Å². The van der Waals surface area contributed by atoms with Gasteiger partial charge in [-0.25, -0.2) is 0 Å². The third-order valence-electron chi connectivity index (χ3n) is 3.04. The van der Waals surface area contributed by atoms with E-state index in [0.29, 0.717) is 6.54 Å². The number of hydrogen-bond acceptors (Lipinski definition) is 4. The van der Waals surface area contributed by atoms with Gasteiger partial charge >= 0.3 is 0 Å². The van der Waals surface area contributed by atoms with Crippen molar-refractivity contribution in [2.24, 2.45) is 0 Å². The minimum atomic E-state index is -0.295. The first-order valence-electron chi connectivity index (χ1n) is 5.84. The third kappa shape index (κ3) is 3.01. The van der Waals surface area contributed by atoms with Crippen molar-refractivity contribution >= 4 is 5.69 Å². The van der Waals surface area contributed by atoms with Gasteiger partial charge in [0.25, 0.3) is 5.69 Å². The molecule has 1 heterocycles. The molecule has 0 spiro atoms. The number of piperazine rings is 1. The maximum absolute atomic E-state index is 10.9. The lowest BCUT2D eigenvalue weighted by atomic mass is 10.1. The van der Waals surface area contributed by atoms with Crippen molar-refractivity contribution in [2.45, 2.75) is 13.5 Å². The van der Waals surface area contributed by atoms with Crippen molar-refractivity contribution < 1.29 is 4.92 Å². The van der Waals surface area contributed by atoms with E-state index in [4.69, 9.17) is 0 Å². The van der Waals surface area contributed by atoms with Crippen molar-refractivity contribution in [2.75, 3.05) is 26.2 Å². The Hall–Kier alpha value is -1.46. The Kier molecular flexibility index (Phi) is 3.71. The van der Waals surface area contributed by atoms with Gasteiger partial charge < -0.3 is 5.32 Å². The molecule has 0 unspecified atom stereocenters. The first-order valence-corrected chi connectivity index (χ1v) is 5.84. The van der Waals surface area contributed by atoms with Gasteiger partial charge in [0.05, 0.1) is 4.92 Å². The average Bonchev–Trinajstić information content (AvgIpc) is 2.30. The van der Waals surface area contributed by atoms with Crippen LogP contribution in [0.15, 0.2) is 18.2 Å². The molecule has 0 aromatic heterocycles. The van der Waals surface area contributed by atoms with Gasteiger partial charge in [0, 0.05) is 44.4 Å². The number of hydrogen-bond donors (Lipinski definition) is 1. The van der Waals surface area contributed by atoms with Crippen LogP contribution in [0.1, 0.15) is 11.1 Å². The molecule has 0 atom stereocenters. The fourth-order valence-corrected chi connectivity index (χ4v) is 2.13. The van der Waals surface area contributed by atoms with Crippen molar-refractivity contribution in [3.8, 4) is 0 Å². The molecule has 1 aromatic carbocycles. The third-order valence-corrected chi connectivity index (χ3v) is 3.04. The smallest absolute Gasteiger partial charge is 0.273 e. The second kappa shape index (κ2) is 5.25. The lowest BCUT2D eigenvalue weighted by molar-refractivity contribution is -0.385. The number of rotatable bonds is 3. The van der Waals surface area contributed by atoms with Crippen molar-refractivity contribution in [3.63, 3.8) is 0 Å². The molecule has 0 saturated carbocycles. The van der Waals surface area contributed by atoms with Crippen molar-refractivity contribution in [3.05, 3.63) is 39.4 Å². The predicted octanol–water partition coefficient (Wildman–Crippen LogP) is 1.31. The van der Waals surface area contributed by atoms with E-state index in [2.05, 4.69) is 10.2 Å². The molecule has 17 heavy (non-hydrogen) atoms. The molecule has 2 rings (SSSR count). The molecule has 1 aliphatic heterocycles. The maximum Gasteiger partial charge on any atom is 0.273 e. The highest BCUT2D eigenvalue weighted by Gasteiger charge is 2.17. The number of benzene rings is 1. The van der Waals surface area contributed by atoms with Crippen molar-refractivity contribution in [1.82, 2.24) is 10.2 Å². The van der Waals surface area contributed by atoms with E-state index < -0.39 is 0 Å². The van der Waals surface area contributed by atoms with Gasteiger partial charge in [-0.1, -0.05) is 11.6 Å². The molecule has 5 heteroatoms. The van der Waals surface area contributed by atoms with Gasteiger partial charge in [0.15, 0.2) is 0 Å². The molecule has 0 radical (unpaired) electrons. The molecule has 1 saturated heterocycles. The molecular formula is C12H17N3O2. The van der Waals surface area contributed by atoms with Crippen LogP contribution in [0.3, 0.4) is 0 Å². The Balaban J connectivity index is 2.17. The van der Waals surface area contributed by atoms with Crippen LogP contribution in [0.5, 0.6) is 0 Å².